The van der Waals surface area contributed by atoms with Gasteiger partial charge in [-0.15, -0.1) is 11.3 Å². The van der Waals surface area contributed by atoms with Gasteiger partial charge in [0, 0.05) is 25.9 Å². The summed E-state index contributed by atoms with van der Waals surface area (Å²) in [4.78, 5) is 40.5. The fourth-order valence-electron chi connectivity index (χ4n) is 3.68. The first-order valence-electron chi connectivity index (χ1n) is 8.57. The van der Waals surface area contributed by atoms with Crippen LogP contribution in [0.3, 0.4) is 0 Å². The molecule has 2 amide bonds. The molecule has 9 heteroatoms. The van der Waals surface area contributed by atoms with Crippen molar-refractivity contribution in [3.63, 3.8) is 0 Å². The number of carbonyl (C=O) groups is 3. The van der Waals surface area contributed by atoms with Crippen LogP contribution in [0.4, 0.5) is 0 Å². The second-order valence-electron chi connectivity index (χ2n) is 6.51. The van der Waals surface area contributed by atoms with Gasteiger partial charge in [-0.2, -0.15) is 0 Å². The molecule has 27 heavy (non-hydrogen) atoms. The number of carboxylic acid groups (broad SMARTS) is 1. The van der Waals surface area contributed by atoms with Crippen molar-refractivity contribution < 1.29 is 28.6 Å². The summed E-state index contributed by atoms with van der Waals surface area (Å²) >= 11 is 1.37. The Kier molecular flexibility index (Phi) is 4.48. The molecule has 0 aromatic carbocycles. The van der Waals surface area contributed by atoms with Gasteiger partial charge in [-0.1, -0.05) is 6.07 Å². The minimum Gasteiger partial charge on any atom is -0.548 e. The summed E-state index contributed by atoms with van der Waals surface area (Å²) in [5.74, 6) is -1.95. The zero-order chi connectivity index (χ0) is 19.0. The van der Waals surface area contributed by atoms with Gasteiger partial charge in [0.25, 0.3) is 11.8 Å². The number of carboxylic acids is 1. The predicted molar refractivity (Wildman–Crippen MR) is 91.8 cm³/mol. The number of amides is 2. The van der Waals surface area contributed by atoms with E-state index in [-0.39, 0.29) is 18.3 Å². The van der Waals surface area contributed by atoms with E-state index in [1.807, 2.05) is 11.4 Å². The topological polar surface area (TPSA) is 103 Å². The van der Waals surface area contributed by atoms with Crippen LogP contribution in [0.1, 0.15) is 33.1 Å². The van der Waals surface area contributed by atoms with Crippen LogP contribution in [0, 0.1) is 0 Å². The zero-order valence-corrected chi connectivity index (χ0v) is 15.1. The summed E-state index contributed by atoms with van der Waals surface area (Å²) in [5.41, 5.74) is -1.08. The number of hydrogen-bond donors (Lipinski definition) is 0. The van der Waals surface area contributed by atoms with Crippen molar-refractivity contribution >= 4 is 29.1 Å². The number of rotatable bonds is 3. The highest BCUT2D eigenvalue weighted by molar-refractivity contribution is 7.12. The number of ether oxygens (including phenoxy) is 1. The maximum Gasteiger partial charge on any atom is 0.292 e. The molecule has 0 aliphatic carbocycles. The molecule has 2 aliphatic rings. The number of aliphatic carboxylic acids is 1. The Morgan fingerprint density at radius 3 is 2.52 bits per heavy atom. The normalized spacial score (nSPS) is 21.6. The molecule has 8 nitrogen and oxygen atoms in total. The Balaban J connectivity index is 1.55. The van der Waals surface area contributed by atoms with Gasteiger partial charge in [0.2, 0.25) is 0 Å². The first-order valence-corrected chi connectivity index (χ1v) is 9.44. The van der Waals surface area contributed by atoms with Crippen LogP contribution in [0.15, 0.2) is 40.3 Å². The largest absolute Gasteiger partial charge is 0.548 e. The van der Waals surface area contributed by atoms with Gasteiger partial charge in [-0.05, 0) is 23.6 Å². The molecule has 2 aromatic heterocycles. The molecule has 2 saturated heterocycles. The smallest absolute Gasteiger partial charge is 0.292 e. The lowest BCUT2D eigenvalue weighted by Crippen LogP contribution is -2.60. The summed E-state index contributed by atoms with van der Waals surface area (Å²) in [5, 5.41) is 13.4. The molecule has 0 saturated carbocycles. The molecule has 4 rings (SSSR count). The Bertz CT molecular complexity index is 839. The van der Waals surface area contributed by atoms with Gasteiger partial charge in [0.1, 0.15) is 5.72 Å². The molecule has 1 spiro atoms. The Morgan fingerprint density at radius 1 is 1.15 bits per heavy atom. The van der Waals surface area contributed by atoms with E-state index in [9.17, 15) is 19.5 Å². The first-order chi connectivity index (χ1) is 13.0. The molecule has 2 aliphatic heterocycles. The quantitative estimate of drug-likeness (QED) is 0.760. The lowest BCUT2D eigenvalue weighted by molar-refractivity contribution is -0.310. The molecule has 142 valence electrons. The number of furan rings is 1. The van der Waals surface area contributed by atoms with E-state index in [0.717, 1.165) is 0 Å². The number of thiophene rings is 1. The second kappa shape index (κ2) is 6.82. The average molecular weight is 389 g/mol. The molecule has 2 aromatic rings. The summed E-state index contributed by atoms with van der Waals surface area (Å²) in [6, 6.07) is 5.44. The van der Waals surface area contributed by atoms with Crippen molar-refractivity contribution in [2.75, 3.05) is 19.7 Å². The molecule has 0 bridgehead atoms. The standard InChI is InChI=1S/C18H18N2O6S/c21-15(13-3-1-9-25-13)20-12(17(23)24)11-26-18(20)5-7-19(8-6-18)16(22)14-4-2-10-27-14/h1-4,9-10,12H,5-8,11H2,(H,23,24)/p-1/t12-/m0/s1. The van der Waals surface area contributed by atoms with Crippen molar-refractivity contribution in [3.05, 3.63) is 46.5 Å². The van der Waals surface area contributed by atoms with Gasteiger partial charge < -0.3 is 24.0 Å². The van der Waals surface area contributed by atoms with E-state index in [1.54, 1.807) is 17.0 Å². The lowest BCUT2D eigenvalue weighted by Gasteiger charge is -2.44. The van der Waals surface area contributed by atoms with E-state index in [4.69, 9.17) is 9.15 Å². The third-order valence-corrected chi connectivity index (χ3v) is 5.91. The number of piperidine rings is 1. The van der Waals surface area contributed by atoms with Crippen molar-refractivity contribution in [2.24, 2.45) is 0 Å². The Morgan fingerprint density at radius 2 is 1.93 bits per heavy atom. The van der Waals surface area contributed by atoms with E-state index < -0.39 is 23.6 Å². The van der Waals surface area contributed by atoms with Crippen LogP contribution in [0.25, 0.3) is 0 Å². The van der Waals surface area contributed by atoms with Crippen LogP contribution in [0.2, 0.25) is 0 Å². The number of hydrogen-bond acceptors (Lipinski definition) is 7. The van der Waals surface area contributed by atoms with Crippen LogP contribution in [-0.4, -0.2) is 59.0 Å². The van der Waals surface area contributed by atoms with Crippen molar-refractivity contribution in [1.29, 1.82) is 0 Å². The van der Waals surface area contributed by atoms with E-state index in [1.165, 1.54) is 28.6 Å². The molecule has 4 heterocycles. The third-order valence-electron chi connectivity index (χ3n) is 5.05. The summed E-state index contributed by atoms with van der Waals surface area (Å²) in [6.45, 7) is 0.574. The molecule has 0 N–H and O–H groups in total. The van der Waals surface area contributed by atoms with Crippen LogP contribution in [0.5, 0.6) is 0 Å². The predicted octanol–water partition coefficient (Wildman–Crippen LogP) is 0.565. The summed E-state index contributed by atoms with van der Waals surface area (Å²) in [7, 11) is 0. The SMILES string of the molecule is O=C([O-])[C@@H]1COC2(CCN(C(=O)c3cccs3)CC2)N1C(=O)c1ccco1. The van der Waals surface area contributed by atoms with Gasteiger partial charge in [0.05, 0.1) is 29.8 Å². The number of nitrogens with zero attached hydrogens (tertiary/aromatic N) is 2. The maximum absolute atomic E-state index is 12.9. The number of likely N-dealkylation sites (tertiary alicyclic amines) is 1. The molecule has 1 atom stereocenters. The minimum absolute atomic E-state index is 0.0446. The highest BCUT2D eigenvalue weighted by Gasteiger charge is 2.53. The van der Waals surface area contributed by atoms with Gasteiger partial charge >= 0.3 is 0 Å². The van der Waals surface area contributed by atoms with Crippen molar-refractivity contribution in [2.45, 2.75) is 24.6 Å². The minimum atomic E-state index is -1.37. The average Bonchev–Trinajstić information content (AvgIpc) is 3.42. The molecule has 0 unspecified atom stereocenters. The fraction of sp³-hybridized carbons (Fsp3) is 0.389. The van der Waals surface area contributed by atoms with Crippen LogP contribution < -0.4 is 5.11 Å². The van der Waals surface area contributed by atoms with Crippen molar-refractivity contribution in [1.82, 2.24) is 9.80 Å². The lowest BCUT2D eigenvalue weighted by atomic mass is 9.97. The first kappa shape index (κ1) is 17.7. The second-order valence-corrected chi connectivity index (χ2v) is 7.46. The van der Waals surface area contributed by atoms with E-state index in [2.05, 4.69) is 0 Å². The fourth-order valence-corrected chi connectivity index (χ4v) is 4.37. The van der Waals surface area contributed by atoms with E-state index >= 15 is 0 Å². The summed E-state index contributed by atoms with van der Waals surface area (Å²) in [6.07, 6.45) is 1.99. The monoisotopic (exact) mass is 389 g/mol. The third kappa shape index (κ3) is 3.02. The Hall–Kier alpha value is -2.65. The number of carbonyl (C=O) groups excluding carboxylic acids is 3. The molecule has 2 fully saturated rings. The zero-order valence-electron chi connectivity index (χ0n) is 14.3. The van der Waals surface area contributed by atoms with Gasteiger partial charge in [0.15, 0.2) is 5.76 Å². The highest BCUT2D eigenvalue weighted by Crippen LogP contribution is 2.38. The molecular weight excluding hydrogens is 372 g/mol. The summed E-state index contributed by atoms with van der Waals surface area (Å²) < 4.78 is 11.0. The van der Waals surface area contributed by atoms with Gasteiger partial charge in [-0.3, -0.25) is 14.5 Å². The van der Waals surface area contributed by atoms with E-state index in [0.29, 0.717) is 30.8 Å². The van der Waals surface area contributed by atoms with Crippen LogP contribution in [-0.2, 0) is 9.53 Å². The van der Waals surface area contributed by atoms with Crippen molar-refractivity contribution in [3.8, 4) is 0 Å². The molecular formula is C18H17N2O6S-. The van der Waals surface area contributed by atoms with Crippen LogP contribution >= 0.6 is 11.3 Å². The highest BCUT2D eigenvalue weighted by atomic mass is 32.1. The van der Waals surface area contributed by atoms with Gasteiger partial charge in [-0.25, -0.2) is 0 Å². The molecule has 0 radical (unpaired) electrons. The Labute approximate surface area is 158 Å². The maximum atomic E-state index is 12.9.